The molecule has 2 aromatic rings. The zero-order chi connectivity index (χ0) is 17.8. The maximum absolute atomic E-state index is 12.2. The lowest BCUT2D eigenvalue weighted by molar-refractivity contribution is 0.132. The molecule has 0 radical (unpaired) electrons. The van der Waals surface area contributed by atoms with Gasteiger partial charge in [-0.3, -0.25) is 14.3 Å². The van der Waals surface area contributed by atoms with Gasteiger partial charge in [0.1, 0.15) is 0 Å². The zero-order valence-corrected chi connectivity index (χ0v) is 14.3. The Hall–Kier alpha value is -2.90. The molecule has 0 aromatic carbocycles. The second-order valence-electron chi connectivity index (χ2n) is 6.05. The first-order chi connectivity index (χ1) is 12.1. The molecule has 1 aliphatic rings. The molecule has 3 rings (SSSR count). The van der Waals surface area contributed by atoms with Gasteiger partial charge in [-0.05, 0) is 24.5 Å². The molecule has 25 heavy (non-hydrogen) atoms. The van der Waals surface area contributed by atoms with Crippen molar-refractivity contribution in [3.05, 3.63) is 40.9 Å². The standard InChI is InChI=1S/C17H21N5O3/c1-21-15(23)9-14(13-3-6-18-7-4-13)20-16(21)19-10-12-5-8-22(11-12)17(24)25-2/h3-4,6-7,9,12H,5,8,10-11H2,1-2H3,(H,19,20). The van der Waals surface area contributed by atoms with Crippen molar-refractivity contribution in [2.24, 2.45) is 13.0 Å². The Bertz CT molecular complexity index is 806. The Morgan fingerprint density at radius 1 is 1.40 bits per heavy atom. The van der Waals surface area contributed by atoms with Crippen LogP contribution in [0, 0.1) is 5.92 Å². The number of carbonyl (C=O) groups excluding carboxylic acids is 1. The minimum Gasteiger partial charge on any atom is -0.453 e. The van der Waals surface area contributed by atoms with E-state index in [1.165, 1.54) is 17.7 Å². The third-order valence-corrected chi connectivity index (χ3v) is 4.38. The van der Waals surface area contributed by atoms with Gasteiger partial charge in [0, 0.05) is 50.7 Å². The van der Waals surface area contributed by atoms with Crippen LogP contribution in [0.4, 0.5) is 10.7 Å². The summed E-state index contributed by atoms with van der Waals surface area (Å²) >= 11 is 0. The number of aromatic nitrogens is 3. The number of methoxy groups -OCH3 is 1. The van der Waals surface area contributed by atoms with Gasteiger partial charge >= 0.3 is 6.09 Å². The highest BCUT2D eigenvalue weighted by molar-refractivity contribution is 5.67. The lowest BCUT2D eigenvalue weighted by Gasteiger charge is -2.16. The van der Waals surface area contributed by atoms with Crippen molar-refractivity contribution in [3.63, 3.8) is 0 Å². The predicted molar refractivity (Wildman–Crippen MR) is 93.3 cm³/mol. The number of hydrogen-bond acceptors (Lipinski definition) is 6. The van der Waals surface area contributed by atoms with E-state index in [9.17, 15) is 9.59 Å². The Morgan fingerprint density at radius 2 is 2.16 bits per heavy atom. The first-order valence-corrected chi connectivity index (χ1v) is 8.13. The Balaban J connectivity index is 1.72. The minimum atomic E-state index is -0.298. The number of ether oxygens (including phenoxy) is 1. The quantitative estimate of drug-likeness (QED) is 0.901. The number of nitrogens with zero attached hydrogens (tertiary/aromatic N) is 4. The van der Waals surface area contributed by atoms with Crippen LogP contribution in [0.15, 0.2) is 35.4 Å². The normalized spacial score (nSPS) is 16.7. The van der Waals surface area contributed by atoms with Crippen molar-refractivity contribution in [1.82, 2.24) is 19.4 Å². The summed E-state index contributed by atoms with van der Waals surface area (Å²) in [6, 6.07) is 5.14. The number of nitrogens with one attached hydrogen (secondary N) is 1. The first-order valence-electron chi connectivity index (χ1n) is 8.13. The molecule has 3 heterocycles. The molecule has 132 valence electrons. The monoisotopic (exact) mass is 343 g/mol. The Kier molecular flexibility index (Phi) is 4.97. The SMILES string of the molecule is COC(=O)N1CCC(CNc2nc(-c3ccncc3)cc(=O)n2C)C1. The van der Waals surface area contributed by atoms with Crippen LogP contribution in [-0.4, -0.2) is 52.3 Å². The Labute approximate surface area is 145 Å². The fraction of sp³-hybridized carbons (Fsp3) is 0.412. The molecule has 8 nitrogen and oxygen atoms in total. The minimum absolute atomic E-state index is 0.132. The van der Waals surface area contributed by atoms with Crippen molar-refractivity contribution in [2.45, 2.75) is 6.42 Å². The van der Waals surface area contributed by atoms with E-state index in [4.69, 9.17) is 4.74 Å². The smallest absolute Gasteiger partial charge is 0.409 e. The van der Waals surface area contributed by atoms with Crippen LogP contribution >= 0.6 is 0 Å². The number of pyridine rings is 1. The highest BCUT2D eigenvalue weighted by Gasteiger charge is 2.26. The van der Waals surface area contributed by atoms with Crippen molar-refractivity contribution < 1.29 is 9.53 Å². The number of anilines is 1. The molecule has 1 fully saturated rings. The highest BCUT2D eigenvalue weighted by atomic mass is 16.5. The number of carbonyl (C=O) groups is 1. The second-order valence-corrected chi connectivity index (χ2v) is 6.05. The largest absolute Gasteiger partial charge is 0.453 e. The lowest BCUT2D eigenvalue weighted by atomic mass is 10.1. The number of likely N-dealkylation sites (tertiary alicyclic amines) is 1. The van der Waals surface area contributed by atoms with Crippen molar-refractivity contribution >= 4 is 12.0 Å². The highest BCUT2D eigenvalue weighted by Crippen LogP contribution is 2.19. The van der Waals surface area contributed by atoms with Crippen molar-refractivity contribution in [3.8, 4) is 11.3 Å². The summed E-state index contributed by atoms with van der Waals surface area (Å²) in [6.45, 7) is 1.95. The van der Waals surface area contributed by atoms with Gasteiger partial charge in [0.05, 0.1) is 12.8 Å². The number of amides is 1. The van der Waals surface area contributed by atoms with Crippen LogP contribution in [0.5, 0.6) is 0 Å². The van der Waals surface area contributed by atoms with Gasteiger partial charge in [-0.25, -0.2) is 9.78 Å². The fourth-order valence-corrected chi connectivity index (χ4v) is 2.90. The zero-order valence-electron chi connectivity index (χ0n) is 14.3. The maximum atomic E-state index is 12.2. The average Bonchev–Trinajstić information content (AvgIpc) is 3.12. The topological polar surface area (TPSA) is 89.3 Å². The van der Waals surface area contributed by atoms with E-state index < -0.39 is 0 Å². The van der Waals surface area contributed by atoms with E-state index in [0.29, 0.717) is 37.2 Å². The van der Waals surface area contributed by atoms with Crippen LogP contribution < -0.4 is 10.9 Å². The van der Waals surface area contributed by atoms with E-state index >= 15 is 0 Å². The molecule has 1 N–H and O–H groups in total. The summed E-state index contributed by atoms with van der Waals surface area (Å²) in [5.41, 5.74) is 1.32. The predicted octanol–water partition coefficient (Wildman–Crippen LogP) is 1.34. The molecule has 8 heteroatoms. The van der Waals surface area contributed by atoms with Crippen LogP contribution in [0.25, 0.3) is 11.3 Å². The molecule has 1 atom stereocenters. The molecule has 1 unspecified atom stereocenters. The van der Waals surface area contributed by atoms with Gasteiger partial charge in [0.2, 0.25) is 5.95 Å². The van der Waals surface area contributed by atoms with Gasteiger partial charge in [-0.2, -0.15) is 0 Å². The average molecular weight is 343 g/mol. The van der Waals surface area contributed by atoms with Crippen LogP contribution in [0.3, 0.4) is 0 Å². The molecule has 2 aromatic heterocycles. The summed E-state index contributed by atoms with van der Waals surface area (Å²) in [6.07, 6.45) is 3.93. The van der Waals surface area contributed by atoms with Gasteiger partial charge in [0.25, 0.3) is 5.56 Å². The van der Waals surface area contributed by atoms with E-state index in [-0.39, 0.29) is 11.7 Å². The van der Waals surface area contributed by atoms with E-state index in [1.807, 2.05) is 12.1 Å². The molecule has 1 amide bonds. The van der Waals surface area contributed by atoms with E-state index in [1.54, 1.807) is 24.3 Å². The van der Waals surface area contributed by atoms with Gasteiger partial charge in [0.15, 0.2) is 0 Å². The molecule has 0 saturated carbocycles. The second kappa shape index (κ2) is 7.33. The van der Waals surface area contributed by atoms with Gasteiger partial charge < -0.3 is 15.0 Å². The van der Waals surface area contributed by atoms with Crippen LogP contribution in [0.1, 0.15) is 6.42 Å². The Morgan fingerprint density at radius 3 is 2.88 bits per heavy atom. The molecule has 1 aliphatic heterocycles. The van der Waals surface area contributed by atoms with E-state index in [2.05, 4.69) is 15.3 Å². The molecule has 0 bridgehead atoms. The lowest BCUT2D eigenvalue weighted by Crippen LogP contribution is -2.30. The molecule has 0 spiro atoms. The summed E-state index contributed by atoms with van der Waals surface area (Å²) in [5, 5.41) is 3.24. The summed E-state index contributed by atoms with van der Waals surface area (Å²) in [4.78, 5) is 34.0. The summed E-state index contributed by atoms with van der Waals surface area (Å²) < 4.78 is 6.23. The van der Waals surface area contributed by atoms with Gasteiger partial charge in [-0.1, -0.05) is 0 Å². The van der Waals surface area contributed by atoms with Crippen molar-refractivity contribution in [2.75, 3.05) is 32.1 Å². The van der Waals surface area contributed by atoms with Gasteiger partial charge in [-0.15, -0.1) is 0 Å². The molecule has 0 aliphatic carbocycles. The fourth-order valence-electron chi connectivity index (χ4n) is 2.90. The van der Waals surface area contributed by atoms with Crippen LogP contribution in [0.2, 0.25) is 0 Å². The van der Waals surface area contributed by atoms with Crippen LogP contribution in [-0.2, 0) is 11.8 Å². The third kappa shape index (κ3) is 3.78. The molecular weight excluding hydrogens is 322 g/mol. The van der Waals surface area contributed by atoms with Crippen molar-refractivity contribution in [1.29, 1.82) is 0 Å². The number of rotatable bonds is 4. The maximum Gasteiger partial charge on any atom is 0.409 e. The molecule has 1 saturated heterocycles. The summed E-state index contributed by atoms with van der Waals surface area (Å²) in [7, 11) is 3.07. The molecular formula is C17H21N5O3. The number of hydrogen-bond donors (Lipinski definition) is 1. The van der Waals surface area contributed by atoms with E-state index in [0.717, 1.165) is 12.0 Å². The summed E-state index contributed by atoms with van der Waals surface area (Å²) in [5.74, 6) is 0.802. The third-order valence-electron chi connectivity index (χ3n) is 4.38. The first kappa shape index (κ1) is 16.9.